The third kappa shape index (κ3) is 6.44. The van der Waals surface area contributed by atoms with E-state index in [1.807, 2.05) is 45.3 Å². The second kappa shape index (κ2) is 14.8. The maximum Gasteiger partial charge on any atom is 0.0484 e. The summed E-state index contributed by atoms with van der Waals surface area (Å²) in [6, 6.07) is 13.9. The Balaban J connectivity index is 1.49. The van der Waals surface area contributed by atoms with Crippen molar-refractivity contribution in [1.29, 1.82) is 0 Å². The monoisotopic (exact) mass is 762 g/mol. The van der Waals surface area contributed by atoms with Crippen LogP contribution in [0.5, 0.6) is 0 Å². The summed E-state index contributed by atoms with van der Waals surface area (Å²) in [6.07, 6.45) is 0. The zero-order chi connectivity index (χ0) is 38.1. The minimum atomic E-state index is 0.476. The minimum absolute atomic E-state index is 0.476. The zero-order valence-electron chi connectivity index (χ0n) is 34.4. The molecule has 6 aromatic rings. The van der Waals surface area contributed by atoms with E-state index < -0.39 is 0 Å². The van der Waals surface area contributed by atoms with E-state index in [1.165, 1.54) is 117 Å². The molecule has 0 saturated heterocycles. The fourth-order valence-electron chi connectivity index (χ4n) is 7.79. The topological polar surface area (TPSA) is 0 Å². The highest BCUT2D eigenvalue weighted by Gasteiger charge is 2.28. The first kappa shape index (κ1) is 38.9. The lowest BCUT2D eigenvalue weighted by Gasteiger charge is -2.19. The molecule has 0 radical (unpaired) electrons. The number of benzene rings is 2. The SMILES string of the molecule is Cc1c(-c2sc(-c3sc(-c4c(C(C)C)cccc4C(C)C)c(C)c3C)c(C)c2C)sc(-c2sc(-c3c(C(C)C)cccc3C(C)C)c(C)c2C)c1C. The average molecular weight is 763 g/mol. The second-order valence-electron chi connectivity index (χ2n) is 16.3. The molecule has 0 saturated carbocycles. The Morgan fingerprint density at radius 1 is 0.288 bits per heavy atom. The molecule has 0 aliphatic heterocycles. The fourth-order valence-corrected chi connectivity index (χ4v) is 14.0. The minimum Gasteiger partial charge on any atom is -0.134 e. The summed E-state index contributed by atoms with van der Waals surface area (Å²) in [6.45, 7) is 37.5. The Hall–Kier alpha value is -2.76. The smallest absolute Gasteiger partial charge is 0.0484 e. The van der Waals surface area contributed by atoms with E-state index >= 15 is 0 Å². The standard InChI is InChI=1S/C48H58S4/c1-23(2)35-19-17-20-36(24(3)4)39(35)41-27(9)29(11)43(49-41)45-31(13)33(15)47(51-45)48-34(16)32(14)46(52-48)44-30(12)28(10)42(50-44)40-37(25(5)6)21-18-22-38(40)26(7)8/h17-26H,1-16H3. The van der Waals surface area contributed by atoms with Gasteiger partial charge in [-0.25, -0.2) is 0 Å². The molecule has 2 aromatic carbocycles. The summed E-state index contributed by atoms with van der Waals surface area (Å²) in [5, 5.41) is 0. The summed E-state index contributed by atoms with van der Waals surface area (Å²) >= 11 is 8.08. The van der Waals surface area contributed by atoms with Crippen LogP contribution in [0.2, 0.25) is 0 Å². The first-order valence-corrected chi connectivity index (χ1v) is 22.4. The Morgan fingerprint density at radius 3 is 0.654 bits per heavy atom. The Morgan fingerprint density at radius 2 is 0.462 bits per heavy atom. The lowest BCUT2D eigenvalue weighted by Crippen LogP contribution is -1.99. The molecule has 0 nitrogen and oxygen atoms in total. The summed E-state index contributed by atoms with van der Waals surface area (Å²) < 4.78 is 0. The van der Waals surface area contributed by atoms with Crippen LogP contribution in [0.1, 0.15) is 146 Å². The molecule has 0 amide bonds. The largest absolute Gasteiger partial charge is 0.134 e. The van der Waals surface area contributed by atoms with E-state index in [1.54, 1.807) is 0 Å². The van der Waals surface area contributed by atoms with Crippen LogP contribution >= 0.6 is 45.3 Å². The third-order valence-corrected chi connectivity index (χ3v) is 17.7. The fraction of sp³-hybridized carbons (Fsp3) is 0.417. The van der Waals surface area contributed by atoms with E-state index in [-0.39, 0.29) is 0 Å². The van der Waals surface area contributed by atoms with E-state index in [4.69, 9.17) is 0 Å². The van der Waals surface area contributed by atoms with Crippen molar-refractivity contribution in [2.24, 2.45) is 0 Å². The van der Waals surface area contributed by atoms with Gasteiger partial charge in [0.1, 0.15) is 0 Å². The first-order chi connectivity index (χ1) is 24.5. The van der Waals surface area contributed by atoms with Crippen LogP contribution < -0.4 is 0 Å². The summed E-state index contributed by atoms with van der Waals surface area (Å²) in [4.78, 5) is 11.6. The molecular weight excluding hydrogens is 705 g/mol. The zero-order valence-corrected chi connectivity index (χ0v) is 37.7. The highest BCUT2D eigenvalue weighted by molar-refractivity contribution is 7.30. The molecule has 0 fully saturated rings. The maximum atomic E-state index is 2.36. The molecular formula is C48H58S4. The van der Waals surface area contributed by atoms with Crippen LogP contribution in [0.15, 0.2) is 36.4 Å². The van der Waals surface area contributed by atoms with Gasteiger partial charge in [0, 0.05) is 39.0 Å². The molecule has 52 heavy (non-hydrogen) atoms. The predicted octanol–water partition coefficient (Wildman–Crippen LogP) is 17.2. The Kier molecular flexibility index (Phi) is 11.1. The van der Waals surface area contributed by atoms with Crippen molar-refractivity contribution in [3.05, 3.63) is 103 Å². The van der Waals surface area contributed by atoms with Crippen LogP contribution in [-0.2, 0) is 0 Å². The molecule has 4 heterocycles. The maximum absolute atomic E-state index is 2.36. The summed E-state index contributed by atoms with van der Waals surface area (Å²) in [7, 11) is 0. The van der Waals surface area contributed by atoms with Crippen molar-refractivity contribution in [1.82, 2.24) is 0 Å². The van der Waals surface area contributed by atoms with Gasteiger partial charge in [0.2, 0.25) is 0 Å². The molecule has 0 aliphatic carbocycles. The van der Waals surface area contributed by atoms with Crippen molar-refractivity contribution < 1.29 is 0 Å². The van der Waals surface area contributed by atoms with Gasteiger partial charge >= 0.3 is 0 Å². The Bertz CT molecular complexity index is 2070. The molecule has 0 N–H and O–H groups in total. The van der Waals surface area contributed by atoms with Crippen LogP contribution in [-0.4, -0.2) is 0 Å². The summed E-state index contributed by atoms with van der Waals surface area (Å²) in [5.41, 5.74) is 20.3. The lowest BCUT2D eigenvalue weighted by atomic mass is 9.86. The molecule has 0 atom stereocenters. The number of hydrogen-bond donors (Lipinski definition) is 0. The van der Waals surface area contributed by atoms with Gasteiger partial charge in [0.25, 0.3) is 0 Å². The van der Waals surface area contributed by atoms with E-state index in [0.29, 0.717) is 23.7 Å². The van der Waals surface area contributed by atoms with Crippen LogP contribution in [0, 0.1) is 55.4 Å². The summed E-state index contributed by atoms with van der Waals surface area (Å²) in [5.74, 6) is 1.91. The molecule has 0 spiro atoms. The molecule has 0 bridgehead atoms. The quantitative estimate of drug-likeness (QED) is 0.138. The second-order valence-corrected chi connectivity index (χ2v) is 20.4. The molecule has 6 rings (SSSR count). The lowest BCUT2D eigenvalue weighted by molar-refractivity contribution is 0.838. The Labute approximate surface area is 331 Å². The molecule has 0 unspecified atom stereocenters. The van der Waals surface area contributed by atoms with E-state index in [2.05, 4.69) is 147 Å². The molecule has 274 valence electrons. The van der Waals surface area contributed by atoms with E-state index in [0.717, 1.165) is 0 Å². The highest BCUT2D eigenvalue weighted by atomic mass is 32.1. The normalized spacial score (nSPS) is 12.2. The van der Waals surface area contributed by atoms with Gasteiger partial charge in [0.15, 0.2) is 0 Å². The average Bonchev–Trinajstić information content (AvgIpc) is 3.77. The van der Waals surface area contributed by atoms with Gasteiger partial charge in [-0.2, -0.15) is 0 Å². The van der Waals surface area contributed by atoms with Gasteiger partial charge in [-0.05, 0) is 157 Å². The molecule has 0 aliphatic rings. The van der Waals surface area contributed by atoms with Gasteiger partial charge in [-0.15, -0.1) is 45.3 Å². The van der Waals surface area contributed by atoms with Crippen molar-refractivity contribution >= 4 is 45.3 Å². The van der Waals surface area contributed by atoms with E-state index in [9.17, 15) is 0 Å². The first-order valence-electron chi connectivity index (χ1n) is 19.1. The molecule has 4 heteroatoms. The van der Waals surface area contributed by atoms with Gasteiger partial charge < -0.3 is 0 Å². The van der Waals surface area contributed by atoms with Crippen LogP contribution in [0.3, 0.4) is 0 Å². The van der Waals surface area contributed by atoms with Crippen LogP contribution in [0.4, 0.5) is 0 Å². The predicted molar refractivity (Wildman–Crippen MR) is 239 cm³/mol. The van der Waals surface area contributed by atoms with Gasteiger partial charge in [0.05, 0.1) is 0 Å². The third-order valence-electron chi connectivity index (χ3n) is 11.6. The van der Waals surface area contributed by atoms with Gasteiger partial charge in [-0.1, -0.05) is 91.8 Å². The molecule has 4 aromatic heterocycles. The van der Waals surface area contributed by atoms with Crippen molar-refractivity contribution in [3.63, 3.8) is 0 Å². The number of thiophene rings is 4. The number of rotatable bonds is 9. The van der Waals surface area contributed by atoms with Crippen molar-refractivity contribution in [3.8, 4) is 50.1 Å². The van der Waals surface area contributed by atoms with Crippen molar-refractivity contribution in [2.75, 3.05) is 0 Å². The number of hydrogen-bond acceptors (Lipinski definition) is 4. The van der Waals surface area contributed by atoms with Gasteiger partial charge in [-0.3, -0.25) is 0 Å². The van der Waals surface area contributed by atoms with Crippen LogP contribution in [0.25, 0.3) is 50.1 Å². The highest BCUT2D eigenvalue weighted by Crippen LogP contribution is 2.55. The van der Waals surface area contributed by atoms with Crippen molar-refractivity contribution in [2.45, 2.75) is 134 Å².